The lowest BCUT2D eigenvalue weighted by atomic mass is 10.0. The van der Waals surface area contributed by atoms with E-state index in [2.05, 4.69) is 23.3 Å². The number of nitriles is 1. The number of fused-ring (bicyclic) bond motifs is 2. The SMILES string of the molecule is CCc1ccc2[nH]c3c(c(=O)c2c1)CN(CC(=O)Nc1cccc(C#N)c1)CC3. The number of benzene rings is 2. The molecule has 0 saturated heterocycles. The maximum absolute atomic E-state index is 13.1. The molecule has 1 aliphatic rings. The number of aromatic nitrogens is 1. The van der Waals surface area contributed by atoms with E-state index in [-0.39, 0.29) is 17.9 Å². The Morgan fingerprint density at radius 2 is 2.14 bits per heavy atom. The largest absolute Gasteiger partial charge is 0.358 e. The van der Waals surface area contributed by atoms with Crippen molar-refractivity contribution in [2.75, 3.05) is 18.4 Å². The molecule has 29 heavy (non-hydrogen) atoms. The van der Waals surface area contributed by atoms with E-state index in [9.17, 15) is 9.59 Å². The van der Waals surface area contributed by atoms with Crippen LogP contribution in [0.1, 0.15) is 29.3 Å². The molecule has 0 atom stereocenters. The number of nitrogens with one attached hydrogen (secondary N) is 2. The van der Waals surface area contributed by atoms with Gasteiger partial charge in [0, 0.05) is 47.4 Å². The van der Waals surface area contributed by atoms with Crippen molar-refractivity contribution in [2.45, 2.75) is 26.3 Å². The Morgan fingerprint density at radius 3 is 2.93 bits per heavy atom. The third-order valence-electron chi connectivity index (χ3n) is 5.36. The fourth-order valence-corrected chi connectivity index (χ4v) is 3.80. The van der Waals surface area contributed by atoms with Crippen molar-refractivity contribution in [3.8, 4) is 6.07 Å². The molecular weight excluding hydrogens is 364 g/mol. The van der Waals surface area contributed by atoms with Crippen molar-refractivity contribution in [1.29, 1.82) is 5.26 Å². The Labute approximate surface area is 168 Å². The number of hydrogen-bond acceptors (Lipinski definition) is 4. The Morgan fingerprint density at radius 1 is 1.28 bits per heavy atom. The molecular formula is C23H22N4O2. The first-order valence-corrected chi connectivity index (χ1v) is 9.76. The minimum absolute atomic E-state index is 0.0517. The summed E-state index contributed by atoms with van der Waals surface area (Å²) in [6, 6.07) is 14.9. The van der Waals surface area contributed by atoms with Gasteiger partial charge in [0.15, 0.2) is 5.43 Å². The van der Waals surface area contributed by atoms with Gasteiger partial charge in [-0.15, -0.1) is 0 Å². The Kier molecular flexibility index (Phi) is 5.15. The molecule has 1 aliphatic heterocycles. The Bertz CT molecular complexity index is 1190. The molecule has 1 aromatic heterocycles. The van der Waals surface area contributed by atoms with Crippen LogP contribution in [0.5, 0.6) is 0 Å². The number of anilines is 1. The summed E-state index contributed by atoms with van der Waals surface area (Å²) in [6.07, 6.45) is 1.58. The minimum atomic E-state index is -0.158. The van der Waals surface area contributed by atoms with Crippen LogP contribution in [-0.4, -0.2) is 28.9 Å². The molecule has 4 rings (SSSR count). The molecule has 0 radical (unpaired) electrons. The van der Waals surface area contributed by atoms with Gasteiger partial charge in [0.1, 0.15) is 0 Å². The summed E-state index contributed by atoms with van der Waals surface area (Å²) in [5.74, 6) is -0.158. The lowest BCUT2D eigenvalue weighted by Gasteiger charge is -2.28. The van der Waals surface area contributed by atoms with Crippen LogP contribution in [0.3, 0.4) is 0 Å². The van der Waals surface area contributed by atoms with Crippen LogP contribution in [-0.2, 0) is 24.2 Å². The highest BCUT2D eigenvalue weighted by Crippen LogP contribution is 2.19. The van der Waals surface area contributed by atoms with Crippen LogP contribution in [0.4, 0.5) is 5.69 Å². The molecule has 6 heteroatoms. The molecule has 146 valence electrons. The lowest BCUT2D eigenvalue weighted by molar-refractivity contribution is -0.117. The summed E-state index contributed by atoms with van der Waals surface area (Å²) < 4.78 is 0. The molecule has 2 heterocycles. The highest BCUT2D eigenvalue weighted by molar-refractivity contribution is 5.92. The summed E-state index contributed by atoms with van der Waals surface area (Å²) >= 11 is 0. The monoisotopic (exact) mass is 386 g/mol. The van der Waals surface area contributed by atoms with Gasteiger partial charge in [0.25, 0.3) is 0 Å². The average molecular weight is 386 g/mol. The quantitative estimate of drug-likeness (QED) is 0.721. The molecule has 0 unspecified atom stereocenters. The lowest BCUT2D eigenvalue weighted by Crippen LogP contribution is -2.39. The van der Waals surface area contributed by atoms with Crippen LogP contribution >= 0.6 is 0 Å². The summed E-state index contributed by atoms with van der Waals surface area (Å²) in [5.41, 5.74) is 4.86. The van der Waals surface area contributed by atoms with Crippen molar-refractivity contribution in [3.63, 3.8) is 0 Å². The number of H-pyrrole nitrogens is 1. The molecule has 0 spiro atoms. The zero-order valence-corrected chi connectivity index (χ0v) is 16.3. The fourth-order valence-electron chi connectivity index (χ4n) is 3.80. The van der Waals surface area contributed by atoms with Gasteiger partial charge in [-0.2, -0.15) is 5.26 Å². The van der Waals surface area contributed by atoms with E-state index >= 15 is 0 Å². The predicted octanol–water partition coefficient (Wildman–Crippen LogP) is 2.96. The highest BCUT2D eigenvalue weighted by atomic mass is 16.2. The van der Waals surface area contributed by atoms with Gasteiger partial charge in [0.05, 0.1) is 18.2 Å². The number of carbonyl (C=O) groups is 1. The molecule has 1 amide bonds. The van der Waals surface area contributed by atoms with E-state index in [1.807, 2.05) is 23.1 Å². The molecule has 0 saturated carbocycles. The van der Waals surface area contributed by atoms with Gasteiger partial charge < -0.3 is 10.3 Å². The normalized spacial score (nSPS) is 13.7. The third kappa shape index (κ3) is 3.91. The van der Waals surface area contributed by atoms with Crippen LogP contribution in [0, 0.1) is 11.3 Å². The van der Waals surface area contributed by atoms with E-state index < -0.39 is 0 Å². The van der Waals surface area contributed by atoms with Gasteiger partial charge >= 0.3 is 0 Å². The predicted molar refractivity (Wildman–Crippen MR) is 113 cm³/mol. The highest BCUT2D eigenvalue weighted by Gasteiger charge is 2.22. The Balaban J connectivity index is 1.52. The van der Waals surface area contributed by atoms with Crippen molar-refractivity contribution in [1.82, 2.24) is 9.88 Å². The first-order chi connectivity index (χ1) is 14.1. The number of nitrogens with zero attached hydrogens (tertiary/aromatic N) is 2. The molecule has 2 N–H and O–H groups in total. The van der Waals surface area contributed by atoms with Crippen LogP contribution in [0.15, 0.2) is 47.3 Å². The number of carbonyl (C=O) groups excluding carboxylic acids is 1. The third-order valence-corrected chi connectivity index (χ3v) is 5.36. The summed E-state index contributed by atoms with van der Waals surface area (Å²) in [7, 11) is 0. The average Bonchev–Trinajstić information content (AvgIpc) is 2.74. The number of hydrogen-bond donors (Lipinski definition) is 2. The van der Waals surface area contributed by atoms with Gasteiger partial charge in [-0.3, -0.25) is 14.5 Å². The summed E-state index contributed by atoms with van der Waals surface area (Å²) in [4.78, 5) is 30.9. The van der Waals surface area contributed by atoms with E-state index in [1.54, 1.807) is 24.3 Å². The zero-order valence-electron chi connectivity index (χ0n) is 16.3. The van der Waals surface area contributed by atoms with Crippen LogP contribution < -0.4 is 10.7 Å². The van der Waals surface area contributed by atoms with Gasteiger partial charge in [0.2, 0.25) is 5.91 Å². The van der Waals surface area contributed by atoms with Crippen molar-refractivity contribution >= 4 is 22.5 Å². The summed E-state index contributed by atoms with van der Waals surface area (Å²) in [5, 5.41) is 12.5. The van der Waals surface area contributed by atoms with E-state index in [4.69, 9.17) is 5.26 Å². The maximum Gasteiger partial charge on any atom is 0.238 e. The van der Waals surface area contributed by atoms with Crippen LogP contribution in [0.2, 0.25) is 0 Å². The van der Waals surface area contributed by atoms with Gasteiger partial charge in [-0.1, -0.05) is 19.1 Å². The molecule has 2 aromatic carbocycles. The number of amides is 1. The topological polar surface area (TPSA) is 89.0 Å². The minimum Gasteiger partial charge on any atom is -0.358 e. The fraction of sp³-hybridized carbons (Fsp3) is 0.261. The smallest absolute Gasteiger partial charge is 0.238 e. The van der Waals surface area contributed by atoms with E-state index in [0.29, 0.717) is 36.1 Å². The van der Waals surface area contributed by atoms with Gasteiger partial charge in [-0.05, 0) is 42.3 Å². The second-order valence-corrected chi connectivity index (χ2v) is 7.35. The second-order valence-electron chi connectivity index (χ2n) is 7.35. The van der Waals surface area contributed by atoms with Gasteiger partial charge in [-0.25, -0.2) is 0 Å². The Hall–Kier alpha value is -3.43. The molecule has 6 nitrogen and oxygen atoms in total. The van der Waals surface area contributed by atoms with E-state index in [0.717, 1.165) is 28.8 Å². The van der Waals surface area contributed by atoms with Crippen LogP contribution in [0.25, 0.3) is 10.9 Å². The first-order valence-electron chi connectivity index (χ1n) is 9.76. The molecule has 3 aromatic rings. The second kappa shape index (κ2) is 7.90. The number of aryl methyl sites for hydroxylation is 1. The van der Waals surface area contributed by atoms with Crippen molar-refractivity contribution in [2.24, 2.45) is 0 Å². The number of rotatable bonds is 4. The summed E-state index contributed by atoms with van der Waals surface area (Å²) in [6.45, 7) is 3.42. The van der Waals surface area contributed by atoms with Crippen molar-refractivity contribution in [3.05, 3.63) is 75.1 Å². The van der Waals surface area contributed by atoms with Crippen molar-refractivity contribution < 1.29 is 4.79 Å². The first kappa shape index (κ1) is 18.9. The molecule has 0 fully saturated rings. The number of pyridine rings is 1. The zero-order chi connectivity index (χ0) is 20.4. The molecule has 0 aliphatic carbocycles. The standard InChI is InChI=1S/C23H22N4O2/c1-2-15-6-7-20-18(11-15)23(29)19-13-27(9-8-21(19)26-20)14-22(28)25-17-5-3-4-16(10-17)12-24/h3-7,10-11H,2,8-9,13-14H2,1H3,(H,25,28)(H,26,29). The molecule has 0 bridgehead atoms. The number of aromatic amines is 1. The van der Waals surface area contributed by atoms with E-state index in [1.165, 1.54) is 0 Å². The maximum atomic E-state index is 13.1.